The van der Waals surface area contributed by atoms with Gasteiger partial charge in [0, 0.05) is 12.0 Å². The van der Waals surface area contributed by atoms with Crippen molar-refractivity contribution in [1.82, 2.24) is 10.3 Å². The molecule has 1 aliphatic heterocycles. The van der Waals surface area contributed by atoms with Gasteiger partial charge in [0.25, 0.3) is 5.91 Å². The zero-order valence-corrected chi connectivity index (χ0v) is 14.1. The highest BCUT2D eigenvalue weighted by atomic mass is 16.1. The molecule has 0 saturated carbocycles. The topological polar surface area (TPSA) is 68.0 Å². The van der Waals surface area contributed by atoms with Gasteiger partial charge in [0.15, 0.2) is 0 Å². The summed E-state index contributed by atoms with van der Waals surface area (Å²) >= 11 is 0. The molecule has 2 heterocycles. The summed E-state index contributed by atoms with van der Waals surface area (Å²) in [4.78, 5) is 16.6. The van der Waals surface area contributed by atoms with E-state index in [-0.39, 0.29) is 0 Å². The van der Waals surface area contributed by atoms with E-state index >= 15 is 0 Å². The monoisotopic (exact) mass is 312 g/mol. The fourth-order valence-electron chi connectivity index (χ4n) is 3.49. The Morgan fingerprint density at radius 3 is 2.74 bits per heavy atom. The van der Waals surface area contributed by atoms with Gasteiger partial charge >= 0.3 is 0 Å². The highest BCUT2D eigenvalue weighted by Gasteiger charge is 2.25. The number of carbonyl (C=O) groups excluding carboxylic acids is 1. The minimum atomic E-state index is -0.396. The molecule has 123 valence electrons. The predicted molar refractivity (Wildman–Crippen MR) is 92.0 cm³/mol. The second-order valence-electron chi connectivity index (χ2n) is 7.53. The Bertz CT molecular complexity index is 628. The van der Waals surface area contributed by atoms with Gasteiger partial charge in [0.05, 0.1) is 17.0 Å². The van der Waals surface area contributed by atoms with Crippen LogP contribution in [0.15, 0.2) is 12.1 Å². The first-order chi connectivity index (χ1) is 11.0. The molecule has 0 bridgehead atoms. The van der Waals surface area contributed by atoms with E-state index in [0.29, 0.717) is 16.9 Å². The second kappa shape index (κ2) is 6.44. The summed E-state index contributed by atoms with van der Waals surface area (Å²) in [5.41, 5.74) is 9.50. The minimum absolute atomic E-state index is 0.313. The molecule has 1 radical (unpaired) electrons. The largest absolute Gasteiger partial charge is 0.366 e. The van der Waals surface area contributed by atoms with E-state index in [1.807, 2.05) is 0 Å². The zero-order chi connectivity index (χ0) is 16.4. The van der Waals surface area contributed by atoms with Crippen molar-refractivity contribution in [2.45, 2.75) is 51.9 Å². The summed E-state index contributed by atoms with van der Waals surface area (Å²) in [6, 6.07) is 4.95. The molecule has 3 N–H and O–H groups in total. The fraction of sp³-hybridized carbons (Fsp3) is 0.579. The van der Waals surface area contributed by atoms with Crippen LogP contribution in [0, 0.1) is 11.5 Å². The second-order valence-corrected chi connectivity index (χ2v) is 7.53. The lowest BCUT2D eigenvalue weighted by molar-refractivity contribution is 0.0998. The Morgan fingerprint density at radius 2 is 2.13 bits per heavy atom. The van der Waals surface area contributed by atoms with Gasteiger partial charge in [0.2, 0.25) is 0 Å². The quantitative estimate of drug-likeness (QED) is 0.901. The molecule has 1 aliphatic carbocycles. The molecule has 1 aromatic rings. The van der Waals surface area contributed by atoms with Crippen LogP contribution < -0.4 is 11.1 Å². The maximum absolute atomic E-state index is 11.8. The van der Waals surface area contributed by atoms with Crippen LogP contribution in [0.5, 0.6) is 0 Å². The average molecular weight is 312 g/mol. The Kier molecular flexibility index (Phi) is 4.53. The number of piperidine rings is 1. The fourth-order valence-corrected chi connectivity index (χ4v) is 3.49. The van der Waals surface area contributed by atoms with Gasteiger partial charge in [-0.15, -0.1) is 0 Å². The van der Waals surface area contributed by atoms with Gasteiger partial charge in [-0.1, -0.05) is 19.9 Å². The third kappa shape index (κ3) is 3.63. The van der Waals surface area contributed by atoms with Gasteiger partial charge in [-0.2, -0.15) is 0 Å². The number of aromatic nitrogens is 1. The standard InChI is InChI=1S/C19H26N3O/c1-19(2)9-5-13(6-10-19)16-4-3-15(18(20)23)17(22-16)14-7-11-21-12-8-14/h3,5,14,21H,6-12H2,1-2H3,(H2,20,23). The smallest absolute Gasteiger partial charge is 0.250 e. The van der Waals surface area contributed by atoms with E-state index in [2.05, 4.69) is 31.3 Å². The SMILES string of the molecule is CC1(C)CC=C(c2[c]cc(C(N)=O)c(C3CCNCC3)n2)CC1. The Hall–Kier alpha value is -1.68. The van der Waals surface area contributed by atoms with E-state index in [0.717, 1.165) is 56.6 Å². The molecule has 2 aliphatic rings. The van der Waals surface area contributed by atoms with Gasteiger partial charge in [-0.05, 0) is 62.2 Å². The van der Waals surface area contributed by atoms with Crippen molar-refractivity contribution >= 4 is 11.5 Å². The van der Waals surface area contributed by atoms with Gasteiger partial charge < -0.3 is 11.1 Å². The van der Waals surface area contributed by atoms with Crippen molar-refractivity contribution in [3.63, 3.8) is 0 Å². The van der Waals surface area contributed by atoms with Gasteiger partial charge in [-0.3, -0.25) is 9.78 Å². The molecular weight excluding hydrogens is 286 g/mol. The van der Waals surface area contributed by atoms with E-state index in [9.17, 15) is 4.79 Å². The number of pyridine rings is 1. The molecule has 23 heavy (non-hydrogen) atoms. The summed E-state index contributed by atoms with van der Waals surface area (Å²) < 4.78 is 0. The van der Waals surface area contributed by atoms with Crippen molar-refractivity contribution < 1.29 is 4.79 Å². The van der Waals surface area contributed by atoms with E-state index < -0.39 is 5.91 Å². The maximum Gasteiger partial charge on any atom is 0.250 e. The number of nitrogens with one attached hydrogen (secondary N) is 1. The van der Waals surface area contributed by atoms with Crippen molar-refractivity contribution in [1.29, 1.82) is 0 Å². The van der Waals surface area contributed by atoms with Crippen LogP contribution in [-0.4, -0.2) is 24.0 Å². The number of nitrogens with two attached hydrogens (primary N) is 1. The van der Waals surface area contributed by atoms with E-state index in [1.165, 1.54) is 5.57 Å². The van der Waals surface area contributed by atoms with E-state index in [4.69, 9.17) is 10.7 Å². The molecule has 0 atom stereocenters. The highest BCUT2D eigenvalue weighted by Crippen LogP contribution is 2.38. The maximum atomic E-state index is 11.8. The summed E-state index contributed by atoms with van der Waals surface area (Å²) in [5.74, 6) is -0.0830. The molecule has 0 unspecified atom stereocenters. The Balaban J connectivity index is 1.94. The van der Waals surface area contributed by atoms with E-state index in [1.54, 1.807) is 6.07 Å². The molecule has 1 aromatic heterocycles. The molecule has 1 fully saturated rings. The normalized spacial score (nSPS) is 21.7. The molecule has 4 nitrogen and oxygen atoms in total. The first kappa shape index (κ1) is 16.2. The van der Waals surface area contributed by atoms with Gasteiger partial charge in [-0.25, -0.2) is 0 Å². The lowest BCUT2D eigenvalue weighted by Crippen LogP contribution is -2.29. The molecule has 1 amide bonds. The summed E-state index contributed by atoms with van der Waals surface area (Å²) in [5, 5.41) is 3.36. The van der Waals surface area contributed by atoms with Gasteiger partial charge in [0.1, 0.15) is 0 Å². The van der Waals surface area contributed by atoms with Crippen LogP contribution in [0.2, 0.25) is 0 Å². The third-order valence-electron chi connectivity index (χ3n) is 5.13. The summed E-state index contributed by atoms with van der Waals surface area (Å²) in [6.45, 7) is 6.53. The first-order valence-corrected chi connectivity index (χ1v) is 8.59. The lowest BCUT2D eigenvalue weighted by atomic mass is 9.77. The van der Waals surface area contributed by atoms with Crippen LogP contribution in [0.25, 0.3) is 5.57 Å². The van der Waals surface area contributed by atoms with Crippen LogP contribution >= 0.6 is 0 Å². The predicted octanol–water partition coefficient (Wildman–Crippen LogP) is 3.04. The van der Waals surface area contributed by atoms with Crippen molar-refractivity contribution in [2.75, 3.05) is 13.1 Å². The number of hydrogen-bond acceptors (Lipinski definition) is 3. The van der Waals surface area contributed by atoms with Crippen molar-refractivity contribution in [2.24, 2.45) is 11.1 Å². The summed E-state index contributed by atoms with van der Waals surface area (Å²) in [6.07, 6.45) is 7.55. The Labute approximate surface area is 138 Å². The minimum Gasteiger partial charge on any atom is -0.366 e. The third-order valence-corrected chi connectivity index (χ3v) is 5.13. The van der Waals surface area contributed by atoms with Crippen LogP contribution in [0.1, 0.15) is 73.6 Å². The van der Waals surface area contributed by atoms with Crippen LogP contribution in [0.4, 0.5) is 0 Å². The zero-order valence-electron chi connectivity index (χ0n) is 14.1. The number of nitrogens with zero attached hydrogens (tertiary/aromatic N) is 1. The molecular formula is C19H26N3O. The van der Waals surface area contributed by atoms with Crippen LogP contribution in [0.3, 0.4) is 0 Å². The number of hydrogen-bond donors (Lipinski definition) is 2. The van der Waals surface area contributed by atoms with Crippen molar-refractivity contribution in [3.05, 3.63) is 35.2 Å². The molecule has 4 heteroatoms. The Morgan fingerprint density at radius 1 is 1.39 bits per heavy atom. The number of amides is 1. The molecule has 1 saturated heterocycles. The first-order valence-electron chi connectivity index (χ1n) is 8.59. The molecule has 0 aromatic carbocycles. The van der Waals surface area contributed by atoms with Crippen molar-refractivity contribution in [3.8, 4) is 0 Å². The average Bonchev–Trinajstić information content (AvgIpc) is 2.55. The number of carbonyl (C=O) groups is 1. The molecule has 0 spiro atoms. The molecule has 3 rings (SSSR count). The highest BCUT2D eigenvalue weighted by molar-refractivity contribution is 5.94. The number of primary amides is 1. The number of rotatable bonds is 3. The van der Waals surface area contributed by atoms with Crippen LogP contribution in [-0.2, 0) is 0 Å². The lowest BCUT2D eigenvalue weighted by Gasteiger charge is -2.29. The number of allylic oxidation sites excluding steroid dienone is 2. The summed E-state index contributed by atoms with van der Waals surface area (Å²) in [7, 11) is 0.